The number of carbonyl (C=O) groups is 3. The van der Waals surface area contributed by atoms with Gasteiger partial charge in [-0.05, 0) is 29.8 Å². The van der Waals surface area contributed by atoms with Gasteiger partial charge < -0.3 is 34.5 Å². The fraction of sp³-hybridized carbons (Fsp3) is 0.333. The summed E-state index contributed by atoms with van der Waals surface area (Å²) in [5.74, 6) is 0.155. The summed E-state index contributed by atoms with van der Waals surface area (Å²) in [5.41, 5.74) is 0.338. The van der Waals surface area contributed by atoms with E-state index < -0.39 is 29.8 Å². The van der Waals surface area contributed by atoms with Gasteiger partial charge in [-0.15, -0.1) is 0 Å². The van der Waals surface area contributed by atoms with Gasteiger partial charge in [-0.1, -0.05) is 6.07 Å². The smallest absolute Gasteiger partial charge is 0.322 e. The number of fused-ring (bicyclic) bond motifs is 2. The lowest BCUT2D eigenvalue weighted by atomic mass is 9.95. The molecular weight excluding hydrogens is 470 g/mol. The fourth-order valence-corrected chi connectivity index (χ4v) is 5.06. The molecule has 0 radical (unpaired) electrons. The second-order valence-corrected chi connectivity index (χ2v) is 9.18. The van der Waals surface area contributed by atoms with Crippen LogP contribution in [-0.2, 0) is 16.9 Å². The fourth-order valence-electron chi connectivity index (χ4n) is 5.06. The molecule has 36 heavy (non-hydrogen) atoms. The van der Waals surface area contributed by atoms with Gasteiger partial charge in [0.2, 0.25) is 0 Å². The minimum atomic E-state index is -1.66. The van der Waals surface area contributed by atoms with E-state index in [4.69, 9.17) is 9.15 Å². The summed E-state index contributed by atoms with van der Waals surface area (Å²) in [7, 11) is 1.51. The number of benzene rings is 1. The largest absolute Gasteiger partial charge is 0.497 e. The molecule has 3 unspecified atom stereocenters. The lowest BCUT2D eigenvalue weighted by Crippen LogP contribution is -2.52. The Hall–Kier alpha value is -4.16. The molecule has 0 saturated carbocycles. The van der Waals surface area contributed by atoms with Crippen LogP contribution in [0.3, 0.4) is 0 Å². The van der Waals surface area contributed by atoms with Crippen LogP contribution >= 0.6 is 0 Å². The highest BCUT2D eigenvalue weighted by Gasteiger charge is 2.53. The molecule has 3 aromatic rings. The van der Waals surface area contributed by atoms with Crippen molar-refractivity contribution in [3.63, 3.8) is 0 Å². The molecule has 2 aromatic heterocycles. The number of methoxy groups -OCH3 is 1. The Balaban J connectivity index is 1.35. The number of furan rings is 1. The van der Waals surface area contributed by atoms with Crippen LogP contribution in [-0.4, -0.2) is 70.5 Å². The van der Waals surface area contributed by atoms with Gasteiger partial charge in [-0.3, -0.25) is 14.9 Å². The number of imide groups is 1. The lowest BCUT2D eigenvalue weighted by Gasteiger charge is -2.28. The number of rotatable bonds is 5. The number of aliphatic hydroxyl groups is 2. The van der Waals surface area contributed by atoms with Gasteiger partial charge in [-0.25, -0.2) is 9.78 Å². The number of urea groups is 1. The maximum atomic E-state index is 13.2. The van der Waals surface area contributed by atoms with Crippen LogP contribution in [0.25, 0.3) is 11.1 Å². The quantitative estimate of drug-likeness (QED) is 0.370. The second-order valence-electron chi connectivity index (χ2n) is 9.18. The van der Waals surface area contributed by atoms with E-state index in [1.165, 1.54) is 12.0 Å². The zero-order valence-corrected chi connectivity index (χ0v) is 19.2. The number of nitrogens with one attached hydrogen (secondary N) is 2. The van der Waals surface area contributed by atoms with E-state index >= 15 is 0 Å². The van der Waals surface area contributed by atoms with Crippen molar-refractivity contribution in [2.24, 2.45) is 0 Å². The highest BCUT2D eigenvalue weighted by atomic mass is 16.5. The topological polar surface area (TPSA) is 157 Å². The molecule has 3 aliphatic rings. The number of aromatic nitrogens is 1. The first-order valence-corrected chi connectivity index (χ1v) is 11.4. The van der Waals surface area contributed by atoms with Crippen molar-refractivity contribution in [3.8, 4) is 5.75 Å². The van der Waals surface area contributed by atoms with Crippen molar-refractivity contribution >= 4 is 34.8 Å². The van der Waals surface area contributed by atoms with E-state index in [0.29, 0.717) is 28.2 Å². The van der Waals surface area contributed by atoms with Gasteiger partial charge in [-0.2, -0.15) is 0 Å². The number of pyridine rings is 1. The summed E-state index contributed by atoms with van der Waals surface area (Å²) in [6, 6.07) is 9.33. The number of β-amino-alcohol motifs (C(OH)–C–C–N with tert-alkyl or cyclic N) is 1. The molecule has 4 N–H and O–H groups in total. The van der Waals surface area contributed by atoms with E-state index in [2.05, 4.69) is 15.6 Å². The molecular formula is C24H23N5O7. The maximum absolute atomic E-state index is 13.2. The highest BCUT2D eigenvalue weighted by Crippen LogP contribution is 2.35. The molecule has 4 amide bonds. The van der Waals surface area contributed by atoms with Gasteiger partial charge >= 0.3 is 6.03 Å². The van der Waals surface area contributed by atoms with Crippen LogP contribution in [0.15, 0.2) is 40.8 Å². The number of aliphatic hydroxyl groups excluding tert-OH is 2. The third-order valence-corrected chi connectivity index (χ3v) is 6.89. The summed E-state index contributed by atoms with van der Waals surface area (Å²) in [5, 5.41) is 25.0. The van der Waals surface area contributed by atoms with Gasteiger partial charge in [0.15, 0.2) is 11.1 Å². The Morgan fingerprint density at radius 3 is 2.72 bits per heavy atom. The third kappa shape index (κ3) is 3.37. The summed E-state index contributed by atoms with van der Waals surface area (Å²) >= 11 is 0. The molecule has 12 nitrogen and oxygen atoms in total. The number of anilines is 1. The zero-order chi connectivity index (χ0) is 25.2. The molecule has 6 rings (SSSR count). The Morgan fingerprint density at radius 2 is 2.03 bits per heavy atom. The molecule has 12 heteroatoms. The van der Waals surface area contributed by atoms with Crippen LogP contribution in [0.1, 0.15) is 28.1 Å². The Bertz CT molecular complexity index is 1420. The average molecular weight is 493 g/mol. The standard InChI is InChI=1S/C24H23N5O7/c1-35-14-3-2-12-9-28(21(32)15(12)7-14)11-24(22(33)26-23(34)27-24)18-8-16-17(36-18)4-5-19(25-16)29-10-13(30)6-20(29)31/h2-5,7-8,13,20,30-31H,6,9-11H2,1H3,(H2,26,27,33,34). The normalized spacial score (nSPS) is 25.5. The van der Waals surface area contributed by atoms with Crippen molar-refractivity contribution in [3.05, 3.63) is 53.3 Å². The number of carbonyl (C=O) groups excluding carboxylic acids is 3. The minimum absolute atomic E-state index is 0.119. The molecule has 2 fully saturated rings. The van der Waals surface area contributed by atoms with Crippen LogP contribution in [0.4, 0.5) is 10.6 Å². The van der Waals surface area contributed by atoms with Crippen molar-refractivity contribution in [1.29, 1.82) is 0 Å². The SMILES string of the molecule is COc1ccc2c(c1)C(=O)N(CC1(c3cc4nc(N5CC(O)CC5O)ccc4o3)NC(=O)NC1=O)C2. The van der Waals surface area contributed by atoms with Crippen LogP contribution in [0, 0.1) is 0 Å². The highest BCUT2D eigenvalue weighted by molar-refractivity contribution is 6.08. The van der Waals surface area contributed by atoms with Crippen molar-refractivity contribution in [1.82, 2.24) is 20.5 Å². The molecule has 3 aliphatic heterocycles. The molecule has 0 aliphatic carbocycles. The third-order valence-electron chi connectivity index (χ3n) is 6.89. The maximum Gasteiger partial charge on any atom is 0.322 e. The lowest BCUT2D eigenvalue weighted by molar-refractivity contribution is -0.125. The van der Waals surface area contributed by atoms with E-state index in [-0.39, 0.29) is 37.7 Å². The first-order chi connectivity index (χ1) is 17.3. The van der Waals surface area contributed by atoms with Crippen molar-refractivity contribution in [2.45, 2.75) is 30.8 Å². The minimum Gasteiger partial charge on any atom is -0.497 e. The molecule has 186 valence electrons. The zero-order valence-electron chi connectivity index (χ0n) is 19.2. The molecule has 5 heterocycles. The number of ether oxygens (including phenoxy) is 1. The Kier molecular flexibility index (Phi) is 4.92. The number of hydrogen-bond donors (Lipinski definition) is 4. The first-order valence-electron chi connectivity index (χ1n) is 11.4. The summed E-state index contributed by atoms with van der Waals surface area (Å²) < 4.78 is 11.2. The summed E-state index contributed by atoms with van der Waals surface area (Å²) in [4.78, 5) is 46.1. The number of nitrogens with zero attached hydrogens (tertiary/aromatic N) is 3. The number of hydrogen-bond acceptors (Lipinski definition) is 9. The predicted octanol–water partition coefficient (Wildman–Crippen LogP) is 0.416. The van der Waals surface area contributed by atoms with Crippen LogP contribution in [0.5, 0.6) is 5.75 Å². The second kappa shape index (κ2) is 7.93. The molecule has 1 aromatic carbocycles. The van der Waals surface area contributed by atoms with E-state index in [1.807, 2.05) is 0 Å². The first kappa shape index (κ1) is 22.3. The van der Waals surface area contributed by atoms with Crippen LogP contribution < -0.4 is 20.3 Å². The Labute approximate surface area is 204 Å². The van der Waals surface area contributed by atoms with Gasteiger partial charge in [0.25, 0.3) is 11.8 Å². The summed E-state index contributed by atoms with van der Waals surface area (Å²) in [6.07, 6.45) is -1.33. The monoisotopic (exact) mass is 493 g/mol. The molecule has 3 atom stereocenters. The van der Waals surface area contributed by atoms with Gasteiger partial charge in [0.05, 0.1) is 19.8 Å². The number of amides is 4. The van der Waals surface area contributed by atoms with E-state index in [1.54, 1.807) is 41.3 Å². The predicted molar refractivity (Wildman–Crippen MR) is 124 cm³/mol. The van der Waals surface area contributed by atoms with Crippen molar-refractivity contribution < 1.29 is 33.8 Å². The van der Waals surface area contributed by atoms with Crippen LogP contribution in [0.2, 0.25) is 0 Å². The average Bonchev–Trinajstić information content (AvgIpc) is 3.58. The van der Waals surface area contributed by atoms with Gasteiger partial charge in [0, 0.05) is 31.1 Å². The summed E-state index contributed by atoms with van der Waals surface area (Å²) in [6.45, 7) is 0.320. The Morgan fingerprint density at radius 1 is 1.19 bits per heavy atom. The van der Waals surface area contributed by atoms with E-state index in [9.17, 15) is 24.6 Å². The van der Waals surface area contributed by atoms with Gasteiger partial charge in [0.1, 0.15) is 29.1 Å². The molecule has 2 saturated heterocycles. The molecule has 0 bridgehead atoms. The van der Waals surface area contributed by atoms with E-state index in [0.717, 1.165) is 5.56 Å². The molecule has 0 spiro atoms. The van der Waals surface area contributed by atoms with Crippen molar-refractivity contribution in [2.75, 3.05) is 25.1 Å².